The summed E-state index contributed by atoms with van der Waals surface area (Å²) in [5.41, 5.74) is 0. The number of carbonyl (C=O) groups is 2. The normalized spacial score (nSPS) is 9.71. The van der Waals surface area contributed by atoms with Crippen LogP contribution in [0.25, 0.3) is 0 Å². The number of rotatable bonds is 5. The van der Waals surface area contributed by atoms with Gasteiger partial charge in [0.25, 0.3) is 0 Å². The Balaban J connectivity index is 2.62. The van der Waals surface area contributed by atoms with Crippen molar-refractivity contribution in [3.63, 3.8) is 0 Å². The molecule has 0 fully saturated rings. The summed E-state index contributed by atoms with van der Waals surface area (Å²) in [6.07, 6.45) is 3.66. The van der Waals surface area contributed by atoms with E-state index in [9.17, 15) is 9.59 Å². The van der Waals surface area contributed by atoms with Crippen LogP contribution in [-0.4, -0.2) is 45.1 Å². The van der Waals surface area contributed by atoms with E-state index in [-0.39, 0.29) is 12.5 Å². The molecule has 7 nitrogen and oxygen atoms in total. The molecule has 0 radical (unpaired) electrons. The van der Waals surface area contributed by atoms with E-state index in [0.29, 0.717) is 13.0 Å². The van der Waals surface area contributed by atoms with Crippen LogP contribution in [-0.2, 0) is 4.79 Å². The number of hydrogen-bond donors (Lipinski definition) is 2. The van der Waals surface area contributed by atoms with E-state index in [0.717, 1.165) is 0 Å². The summed E-state index contributed by atoms with van der Waals surface area (Å²) < 4.78 is 0. The maximum Gasteiger partial charge on any atom is 0.324 e. The van der Waals surface area contributed by atoms with Crippen molar-refractivity contribution in [3.8, 4) is 0 Å². The van der Waals surface area contributed by atoms with Crippen LogP contribution in [0.5, 0.6) is 0 Å². The van der Waals surface area contributed by atoms with Gasteiger partial charge < -0.3 is 10.0 Å². The zero-order valence-corrected chi connectivity index (χ0v) is 9.46. The van der Waals surface area contributed by atoms with Gasteiger partial charge in [0.15, 0.2) is 0 Å². The van der Waals surface area contributed by atoms with E-state index in [2.05, 4.69) is 15.3 Å². The zero-order valence-electron chi connectivity index (χ0n) is 9.46. The molecule has 0 aromatic carbocycles. The van der Waals surface area contributed by atoms with E-state index in [4.69, 9.17) is 5.11 Å². The van der Waals surface area contributed by atoms with E-state index in [1.807, 2.05) is 6.92 Å². The number of aromatic nitrogens is 2. The third-order valence-corrected chi connectivity index (χ3v) is 1.89. The Hall–Kier alpha value is -2.18. The SMILES string of the molecule is CCCN(CC(=O)O)C(=O)Nc1ncccn1. The molecule has 0 aliphatic heterocycles. The van der Waals surface area contributed by atoms with Crippen molar-refractivity contribution < 1.29 is 14.7 Å². The smallest absolute Gasteiger partial charge is 0.324 e. The van der Waals surface area contributed by atoms with Gasteiger partial charge in [-0.3, -0.25) is 10.1 Å². The first-order valence-electron chi connectivity index (χ1n) is 5.18. The quantitative estimate of drug-likeness (QED) is 0.791. The van der Waals surface area contributed by atoms with Gasteiger partial charge in [0.05, 0.1) is 0 Å². The van der Waals surface area contributed by atoms with Crippen molar-refractivity contribution in [1.29, 1.82) is 0 Å². The van der Waals surface area contributed by atoms with E-state index < -0.39 is 12.0 Å². The van der Waals surface area contributed by atoms with Crippen LogP contribution < -0.4 is 5.32 Å². The van der Waals surface area contributed by atoms with Gasteiger partial charge in [-0.1, -0.05) is 6.92 Å². The molecule has 1 aromatic heterocycles. The van der Waals surface area contributed by atoms with Crippen LogP contribution in [0.3, 0.4) is 0 Å². The lowest BCUT2D eigenvalue weighted by atomic mass is 10.4. The molecule has 7 heteroatoms. The number of urea groups is 1. The van der Waals surface area contributed by atoms with E-state index >= 15 is 0 Å². The molecular formula is C10H14N4O3. The molecule has 2 N–H and O–H groups in total. The van der Waals surface area contributed by atoms with Crippen molar-refractivity contribution >= 4 is 17.9 Å². The van der Waals surface area contributed by atoms with Crippen molar-refractivity contribution in [3.05, 3.63) is 18.5 Å². The minimum absolute atomic E-state index is 0.156. The number of nitrogens with one attached hydrogen (secondary N) is 1. The second-order valence-electron chi connectivity index (χ2n) is 3.32. The Morgan fingerprint density at radius 2 is 2.06 bits per heavy atom. The van der Waals surface area contributed by atoms with Crippen LogP contribution in [0.4, 0.5) is 10.7 Å². The summed E-state index contributed by atoms with van der Waals surface area (Å²) in [5, 5.41) is 11.1. The molecule has 0 unspecified atom stereocenters. The van der Waals surface area contributed by atoms with Gasteiger partial charge in [-0.2, -0.15) is 0 Å². The van der Waals surface area contributed by atoms with E-state index in [1.165, 1.54) is 17.3 Å². The lowest BCUT2D eigenvalue weighted by Gasteiger charge is -2.19. The topological polar surface area (TPSA) is 95.4 Å². The third-order valence-electron chi connectivity index (χ3n) is 1.89. The van der Waals surface area contributed by atoms with Gasteiger partial charge in [0.2, 0.25) is 5.95 Å². The van der Waals surface area contributed by atoms with Crippen LogP contribution in [0.15, 0.2) is 18.5 Å². The largest absolute Gasteiger partial charge is 0.480 e. The predicted octanol–water partition coefficient (Wildman–Crippen LogP) is 0.805. The monoisotopic (exact) mass is 238 g/mol. The molecule has 0 saturated carbocycles. The highest BCUT2D eigenvalue weighted by molar-refractivity contribution is 5.89. The average Bonchev–Trinajstić information content (AvgIpc) is 2.29. The zero-order chi connectivity index (χ0) is 12.7. The third kappa shape index (κ3) is 4.45. The predicted molar refractivity (Wildman–Crippen MR) is 60.6 cm³/mol. The number of amides is 2. The van der Waals surface area contributed by atoms with Gasteiger partial charge >= 0.3 is 12.0 Å². The van der Waals surface area contributed by atoms with Gasteiger partial charge in [-0.05, 0) is 12.5 Å². The first-order chi connectivity index (χ1) is 8.13. The highest BCUT2D eigenvalue weighted by atomic mass is 16.4. The molecule has 0 aliphatic rings. The second-order valence-corrected chi connectivity index (χ2v) is 3.32. The highest BCUT2D eigenvalue weighted by Gasteiger charge is 2.16. The molecule has 0 aliphatic carbocycles. The fraction of sp³-hybridized carbons (Fsp3) is 0.400. The number of carboxylic acids is 1. The Kier molecular flexibility index (Phi) is 4.86. The number of hydrogen-bond acceptors (Lipinski definition) is 4. The van der Waals surface area contributed by atoms with Crippen LogP contribution in [0.1, 0.15) is 13.3 Å². The van der Waals surface area contributed by atoms with Crippen molar-refractivity contribution in [1.82, 2.24) is 14.9 Å². The number of carboxylic acid groups (broad SMARTS) is 1. The molecular weight excluding hydrogens is 224 g/mol. The lowest BCUT2D eigenvalue weighted by molar-refractivity contribution is -0.137. The first-order valence-corrected chi connectivity index (χ1v) is 5.18. The molecule has 0 atom stereocenters. The molecule has 2 amide bonds. The first kappa shape index (κ1) is 12.9. The molecule has 17 heavy (non-hydrogen) atoms. The summed E-state index contributed by atoms with van der Waals surface area (Å²) in [6.45, 7) is 1.89. The summed E-state index contributed by atoms with van der Waals surface area (Å²) in [4.78, 5) is 31.1. The van der Waals surface area contributed by atoms with Crippen LogP contribution in [0, 0.1) is 0 Å². The minimum atomic E-state index is -1.05. The Morgan fingerprint density at radius 3 is 2.59 bits per heavy atom. The summed E-state index contributed by atoms with van der Waals surface area (Å²) in [6, 6.07) is 1.11. The van der Waals surface area contributed by atoms with Crippen LogP contribution in [0.2, 0.25) is 0 Å². The fourth-order valence-electron chi connectivity index (χ4n) is 1.22. The second kappa shape index (κ2) is 6.41. The molecule has 0 saturated heterocycles. The Morgan fingerprint density at radius 1 is 1.41 bits per heavy atom. The van der Waals surface area contributed by atoms with E-state index in [1.54, 1.807) is 6.07 Å². The summed E-state index contributed by atoms with van der Waals surface area (Å²) >= 11 is 0. The Bertz CT molecular complexity index is 382. The van der Waals surface area contributed by atoms with Crippen molar-refractivity contribution in [2.75, 3.05) is 18.4 Å². The molecule has 0 bridgehead atoms. The van der Waals surface area contributed by atoms with Crippen molar-refractivity contribution in [2.45, 2.75) is 13.3 Å². The number of carbonyl (C=O) groups excluding carboxylic acids is 1. The number of anilines is 1. The summed E-state index contributed by atoms with van der Waals surface area (Å²) in [7, 11) is 0. The molecule has 1 heterocycles. The highest BCUT2D eigenvalue weighted by Crippen LogP contribution is 1.99. The minimum Gasteiger partial charge on any atom is -0.480 e. The molecule has 0 spiro atoms. The maximum atomic E-state index is 11.7. The number of aliphatic carboxylic acids is 1. The van der Waals surface area contributed by atoms with Crippen molar-refractivity contribution in [2.24, 2.45) is 0 Å². The molecule has 1 rings (SSSR count). The lowest BCUT2D eigenvalue weighted by Crippen LogP contribution is -2.39. The number of nitrogens with zero attached hydrogens (tertiary/aromatic N) is 3. The standard InChI is InChI=1S/C10H14N4O3/c1-2-6-14(7-8(15)16)10(17)13-9-11-4-3-5-12-9/h3-5H,2,6-7H2,1H3,(H,15,16)(H,11,12,13,17). The average molecular weight is 238 g/mol. The van der Waals surface area contributed by atoms with Gasteiger partial charge in [0.1, 0.15) is 6.54 Å². The van der Waals surface area contributed by atoms with Gasteiger partial charge in [0, 0.05) is 18.9 Å². The fourth-order valence-corrected chi connectivity index (χ4v) is 1.22. The maximum absolute atomic E-state index is 11.7. The summed E-state index contributed by atoms with van der Waals surface area (Å²) in [5.74, 6) is -0.897. The molecule has 1 aromatic rings. The van der Waals surface area contributed by atoms with Crippen LogP contribution >= 0.6 is 0 Å². The van der Waals surface area contributed by atoms with Gasteiger partial charge in [-0.15, -0.1) is 0 Å². The van der Waals surface area contributed by atoms with Gasteiger partial charge in [-0.25, -0.2) is 14.8 Å². The Labute approximate surface area is 98.5 Å². The molecule has 92 valence electrons.